The van der Waals surface area contributed by atoms with Gasteiger partial charge in [0.1, 0.15) is 23.6 Å². The predicted molar refractivity (Wildman–Crippen MR) is 118 cm³/mol. The van der Waals surface area contributed by atoms with Crippen molar-refractivity contribution in [2.45, 2.75) is 53.5 Å². The molecule has 27 heavy (non-hydrogen) atoms. The lowest BCUT2D eigenvalue weighted by Crippen LogP contribution is -2.43. The number of aliphatic hydroxyl groups is 1. The Bertz CT molecular complexity index is 598. The zero-order chi connectivity index (χ0) is 19.6. The molecule has 0 bridgehead atoms. The lowest BCUT2D eigenvalue weighted by atomic mass is 9.79. The van der Waals surface area contributed by atoms with Gasteiger partial charge in [0, 0.05) is 19.7 Å². The SMILES string of the molecule is CCNC(=NCc1cc(C(=O)OC)c(C)o1)NCC(CC)(CC)CCO.I. The summed E-state index contributed by atoms with van der Waals surface area (Å²) in [6.07, 6.45) is 2.72. The minimum atomic E-state index is -0.411. The number of rotatable bonds is 10. The van der Waals surface area contributed by atoms with Crippen molar-refractivity contribution in [2.75, 3.05) is 26.8 Å². The number of hydrogen-bond acceptors (Lipinski definition) is 5. The number of aryl methyl sites for hydroxylation is 1. The largest absolute Gasteiger partial charge is 0.465 e. The van der Waals surface area contributed by atoms with Gasteiger partial charge in [0.15, 0.2) is 5.96 Å². The van der Waals surface area contributed by atoms with E-state index in [-0.39, 0.29) is 36.0 Å². The standard InChI is InChI=1S/C19H33N3O4.HI/c1-6-19(7-2,9-10-23)13-22-18(20-8-3)21-12-15-11-16(14(4)26-15)17(24)25-5;/h11,23H,6-10,12-13H2,1-5H3,(H2,20,21,22);1H. The number of aliphatic imine (C=N–C) groups is 1. The molecule has 0 atom stereocenters. The van der Waals surface area contributed by atoms with Crippen LogP contribution in [0.15, 0.2) is 15.5 Å². The summed E-state index contributed by atoms with van der Waals surface area (Å²) in [6, 6.07) is 1.67. The van der Waals surface area contributed by atoms with Gasteiger partial charge in [0.2, 0.25) is 0 Å². The summed E-state index contributed by atoms with van der Waals surface area (Å²) >= 11 is 0. The summed E-state index contributed by atoms with van der Waals surface area (Å²) in [5.74, 6) is 1.41. The van der Waals surface area contributed by atoms with E-state index in [1.807, 2.05) is 6.92 Å². The molecular weight excluding hydrogens is 461 g/mol. The molecule has 0 unspecified atom stereocenters. The maximum Gasteiger partial charge on any atom is 0.341 e. The minimum Gasteiger partial charge on any atom is -0.465 e. The molecule has 0 fully saturated rings. The number of aliphatic hydroxyl groups excluding tert-OH is 1. The van der Waals surface area contributed by atoms with Crippen LogP contribution in [0.25, 0.3) is 0 Å². The normalized spacial score (nSPS) is 11.7. The lowest BCUT2D eigenvalue weighted by Gasteiger charge is -2.32. The molecule has 0 saturated heterocycles. The molecule has 3 N–H and O–H groups in total. The summed E-state index contributed by atoms with van der Waals surface area (Å²) in [4.78, 5) is 16.2. The van der Waals surface area contributed by atoms with Gasteiger partial charge in [-0.25, -0.2) is 9.79 Å². The van der Waals surface area contributed by atoms with Crippen LogP contribution in [0.3, 0.4) is 0 Å². The molecule has 0 amide bonds. The van der Waals surface area contributed by atoms with Gasteiger partial charge < -0.3 is 24.9 Å². The van der Waals surface area contributed by atoms with Crippen molar-refractivity contribution in [3.8, 4) is 0 Å². The number of hydrogen-bond donors (Lipinski definition) is 3. The smallest absolute Gasteiger partial charge is 0.341 e. The molecule has 0 spiro atoms. The number of ether oxygens (including phenoxy) is 1. The van der Waals surface area contributed by atoms with Crippen LogP contribution in [0.2, 0.25) is 0 Å². The second-order valence-electron chi connectivity index (χ2n) is 6.40. The molecule has 0 radical (unpaired) electrons. The summed E-state index contributed by atoms with van der Waals surface area (Å²) in [5.41, 5.74) is 0.471. The Labute approximate surface area is 179 Å². The van der Waals surface area contributed by atoms with Crippen LogP contribution in [-0.4, -0.2) is 43.8 Å². The Balaban J connectivity index is 0.00000676. The molecule has 1 heterocycles. The number of nitrogens with zero attached hydrogens (tertiary/aromatic N) is 1. The third kappa shape index (κ3) is 7.69. The average molecular weight is 495 g/mol. The van der Waals surface area contributed by atoms with Gasteiger partial charge in [0.05, 0.1) is 7.11 Å². The van der Waals surface area contributed by atoms with E-state index in [1.54, 1.807) is 13.0 Å². The molecule has 0 saturated carbocycles. The van der Waals surface area contributed by atoms with E-state index in [1.165, 1.54) is 7.11 Å². The van der Waals surface area contributed by atoms with Gasteiger partial charge >= 0.3 is 5.97 Å². The summed E-state index contributed by atoms with van der Waals surface area (Å²) in [6.45, 7) is 9.99. The van der Waals surface area contributed by atoms with Crippen molar-refractivity contribution in [3.63, 3.8) is 0 Å². The first kappa shape index (κ1) is 25.7. The molecule has 8 heteroatoms. The van der Waals surface area contributed by atoms with Crippen LogP contribution >= 0.6 is 24.0 Å². The molecule has 1 aromatic heterocycles. The Morgan fingerprint density at radius 2 is 1.96 bits per heavy atom. The fraction of sp³-hybridized carbons (Fsp3) is 0.684. The highest BCUT2D eigenvalue weighted by Crippen LogP contribution is 2.29. The number of halogens is 1. The van der Waals surface area contributed by atoms with E-state index in [0.29, 0.717) is 29.6 Å². The Hall–Kier alpha value is -1.29. The second-order valence-corrected chi connectivity index (χ2v) is 6.40. The summed E-state index contributed by atoms with van der Waals surface area (Å²) < 4.78 is 10.3. The lowest BCUT2D eigenvalue weighted by molar-refractivity contribution is 0.0599. The highest BCUT2D eigenvalue weighted by Gasteiger charge is 2.25. The van der Waals surface area contributed by atoms with E-state index in [0.717, 1.165) is 32.4 Å². The van der Waals surface area contributed by atoms with E-state index in [2.05, 4.69) is 29.5 Å². The number of methoxy groups -OCH3 is 1. The fourth-order valence-corrected chi connectivity index (χ4v) is 2.88. The van der Waals surface area contributed by atoms with E-state index < -0.39 is 5.97 Å². The Kier molecular flexibility index (Phi) is 12.4. The van der Waals surface area contributed by atoms with E-state index in [9.17, 15) is 9.90 Å². The zero-order valence-electron chi connectivity index (χ0n) is 17.1. The maximum atomic E-state index is 11.7. The van der Waals surface area contributed by atoms with Crippen molar-refractivity contribution < 1.29 is 19.1 Å². The molecule has 7 nitrogen and oxygen atoms in total. The maximum absolute atomic E-state index is 11.7. The van der Waals surface area contributed by atoms with Gasteiger partial charge in [-0.05, 0) is 44.6 Å². The second kappa shape index (κ2) is 13.0. The molecule has 1 rings (SSSR count). The first-order chi connectivity index (χ1) is 12.4. The number of carbonyl (C=O) groups is 1. The summed E-state index contributed by atoms with van der Waals surface area (Å²) in [7, 11) is 1.35. The van der Waals surface area contributed by atoms with Gasteiger partial charge in [-0.1, -0.05) is 13.8 Å². The molecule has 0 aliphatic carbocycles. The molecule has 0 aliphatic heterocycles. The predicted octanol–water partition coefficient (Wildman–Crippen LogP) is 3.24. The topological polar surface area (TPSA) is 96.1 Å². The van der Waals surface area contributed by atoms with Crippen LogP contribution in [0.1, 0.15) is 61.9 Å². The molecule has 0 aliphatic rings. The number of nitrogens with one attached hydrogen (secondary N) is 2. The number of furan rings is 1. The van der Waals surface area contributed by atoms with Crippen LogP contribution in [0.4, 0.5) is 0 Å². The van der Waals surface area contributed by atoms with E-state index >= 15 is 0 Å². The van der Waals surface area contributed by atoms with Gasteiger partial charge in [-0.15, -0.1) is 24.0 Å². The van der Waals surface area contributed by atoms with Crippen LogP contribution in [0.5, 0.6) is 0 Å². The first-order valence-corrected chi connectivity index (χ1v) is 9.25. The highest BCUT2D eigenvalue weighted by atomic mass is 127. The molecule has 156 valence electrons. The number of esters is 1. The van der Waals surface area contributed by atoms with Crippen molar-refractivity contribution in [1.29, 1.82) is 0 Å². The van der Waals surface area contributed by atoms with Crippen molar-refractivity contribution >= 4 is 35.9 Å². The zero-order valence-corrected chi connectivity index (χ0v) is 19.4. The third-order valence-electron chi connectivity index (χ3n) is 4.88. The first-order valence-electron chi connectivity index (χ1n) is 9.25. The van der Waals surface area contributed by atoms with Crippen molar-refractivity contribution in [2.24, 2.45) is 10.4 Å². The molecule has 1 aromatic rings. The van der Waals surface area contributed by atoms with Crippen LogP contribution in [-0.2, 0) is 11.3 Å². The molecular formula is C19H34IN3O4. The van der Waals surface area contributed by atoms with Crippen LogP contribution < -0.4 is 10.6 Å². The Morgan fingerprint density at radius 1 is 1.30 bits per heavy atom. The quantitative estimate of drug-likeness (QED) is 0.200. The third-order valence-corrected chi connectivity index (χ3v) is 4.88. The summed E-state index contributed by atoms with van der Waals surface area (Å²) in [5, 5.41) is 15.9. The van der Waals surface area contributed by atoms with E-state index in [4.69, 9.17) is 9.15 Å². The van der Waals surface area contributed by atoms with Crippen LogP contribution in [0, 0.1) is 12.3 Å². The monoisotopic (exact) mass is 495 g/mol. The number of guanidine groups is 1. The average Bonchev–Trinajstić information content (AvgIpc) is 3.03. The van der Waals surface area contributed by atoms with Gasteiger partial charge in [-0.3, -0.25) is 0 Å². The highest BCUT2D eigenvalue weighted by molar-refractivity contribution is 14.0. The van der Waals surface area contributed by atoms with Crippen molar-refractivity contribution in [3.05, 3.63) is 23.2 Å². The Morgan fingerprint density at radius 3 is 2.48 bits per heavy atom. The number of carbonyl (C=O) groups excluding carboxylic acids is 1. The van der Waals surface area contributed by atoms with Gasteiger partial charge in [-0.2, -0.15) is 0 Å². The van der Waals surface area contributed by atoms with Crippen molar-refractivity contribution in [1.82, 2.24) is 10.6 Å². The molecule has 0 aromatic carbocycles. The fourth-order valence-electron chi connectivity index (χ4n) is 2.88. The minimum absolute atomic E-state index is 0. The van der Waals surface area contributed by atoms with Gasteiger partial charge in [0.25, 0.3) is 0 Å².